The van der Waals surface area contributed by atoms with E-state index in [9.17, 15) is 18.3 Å². The number of ether oxygens (including phenoxy) is 1. The third kappa shape index (κ3) is 4.91. The van der Waals surface area contributed by atoms with Gasteiger partial charge in [-0.3, -0.25) is 4.90 Å². The van der Waals surface area contributed by atoms with Crippen molar-refractivity contribution < 1.29 is 23.0 Å². The monoisotopic (exact) mass is 439 g/mol. The topological polar surface area (TPSA) is 48.8 Å². The molecular weight excluding hydrogens is 407 g/mol. The van der Waals surface area contributed by atoms with E-state index in [4.69, 9.17) is 4.74 Å². The van der Waals surface area contributed by atoms with Crippen molar-refractivity contribution in [2.24, 2.45) is 17.3 Å². The minimum atomic E-state index is -4.37. The Morgan fingerprint density at radius 2 is 1.97 bits per heavy atom. The Labute approximate surface area is 181 Å². The highest BCUT2D eigenvalue weighted by Gasteiger charge is 2.51. The van der Waals surface area contributed by atoms with Crippen LogP contribution in [0.5, 0.6) is 0 Å². The lowest BCUT2D eigenvalue weighted by Crippen LogP contribution is -2.49. The predicted octanol–water partition coefficient (Wildman–Crippen LogP) is 3.59. The van der Waals surface area contributed by atoms with Gasteiger partial charge in [-0.2, -0.15) is 13.2 Å². The molecule has 3 aliphatic carbocycles. The Hall–Kier alpha value is -1.64. The molecule has 1 aliphatic heterocycles. The Morgan fingerprint density at radius 3 is 2.55 bits per heavy atom. The number of nitrogens with zero attached hydrogens (tertiary/aromatic N) is 3. The first kappa shape index (κ1) is 22.6. The molecule has 0 amide bonds. The minimum Gasteiger partial charge on any atom is -0.389 e. The quantitative estimate of drug-likeness (QED) is 0.658. The van der Waals surface area contributed by atoms with Crippen LogP contribution < -0.4 is 4.90 Å². The fraction of sp³-hybridized carbons (Fsp3) is 0.696. The van der Waals surface area contributed by atoms with E-state index < -0.39 is 17.8 Å². The number of alkyl halides is 3. The maximum absolute atomic E-state index is 12.7. The van der Waals surface area contributed by atoms with Gasteiger partial charge in [0.25, 0.3) is 0 Å². The maximum atomic E-state index is 12.7. The molecule has 31 heavy (non-hydrogen) atoms. The Morgan fingerprint density at radius 1 is 1.23 bits per heavy atom. The van der Waals surface area contributed by atoms with Crippen LogP contribution in [0.25, 0.3) is 0 Å². The number of aliphatic hydroxyl groups is 1. The smallest absolute Gasteiger partial charge is 0.389 e. The number of rotatable bonds is 7. The number of piperazine rings is 1. The molecule has 1 aromatic rings. The van der Waals surface area contributed by atoms with Crippen LogP contribution in [0, 0.1) is 17.3 Å². The lowest BCUT2D eigenvalue weighted by atomic mass is 9.49. The van der Waals surface area contributed by atoms with Gasteiger partial charge < -0.3 is 14.7 Å². The molecule has 0 aromatic carbocycles. The Balaban J connectivity index is 1.17. The largest absolute Gasteiger partial charge is 0.417 e. The van der Waals surface area contributed by atoms with Crippen molar-refractivity contribution in [1.82, 2.24) is 9.88 Å². The summed E-state index contributed by atoms with van der Waals surface area (Å²) in [4.78, 5) is 8.11. The molecule has 1 saturated carbocycles. The lowest BCUT2D eigenvalue weighted by molar-refractivity contribution is -0.137. The average Bonchev–Trinajstić information content (AvgIpc) is 2.74. The second-order valence-electron chi connectivity index (χ2n) is 9.68. The highest BCUT2D eigenvalue weighted by Crippen LogP contribution is 2.59. The third-order valence-corrected chi connectivity index (χ3v) is 7.40. The zero-order valence-electron chi connectivity index (χ0n) is 18.2. The second kappa shape index (κ2) is 8.71. The molecule has 1 aromatic heterocycles. The van der Waals surface area contributed by atoms with Gasteiger partial charge in [-0.05, 0) is 47.8 Å². The number of aromatic nitrogens is 1. The van der Waals surface area contributed by atoms with E-state index in [0.29, 0.717) is 50.0 Å². The fourth-order valence-corrected chi connectivity index (χ4v) is 5.20. The summed E-state index contributed by atoms with van der Waals surface area (Å²) in [5, 5.41) is 10.4. The van der Waals surface area contributed by atoms with Crippen LogP contribution in [0.15, 0.2) is 30.0 Å². The summed E-state index contributed by atoms with van der Waals surface area (Å²) in [5.74, 6) is 1.98. The van der Waals surface area contributed by atoms with E-state index in [0.717, 1.165) is 37.7 Å². The van der Waals surface area contributed by atoms with Crippen molar-refractivity contribution >= 4 is 5.82 Å². The third-order valence-electron chi connectivity index (χ3n) is 7.40. The first-order valence-electron chi connectivity index (χ1n) is 11.1. The summed E-state index contributed by atoms with van der Waals surface area (Å²) >= 11 is 0. The molecule has 2 heterocycles. The second-order valence-corrected chi connectivity index (χ2v) is 9.68. The number of halogens is 3. The first-order valence-corrected chi connectivity index (χ1v) is 11.1. The zero-order valence-corrected chi connectivity index (χ0v) is 18.2. The van der Waals surface area contributed by atoms with Gasteiger partial charge in [0.1, 0.15) is 5.82 Å². The van der Waals surface area contributed by atoms with Crippen molar-refractivity contribution in [2.45, 2.75) is 39.0 Å². The van der Waals surface area contributed by atoms with Crippen molar-refractivity contribution in [1.29, 1.82) is 0 Å². The van der Waals surface area contributed by atoms with Crippen molar-refractivity contribution in [3.63, 3.8) is 0 Å². The Bertz CT molecular complexity index is 786. The summed E-state index contributed by atoms with van der Waals surface area (Å²) in [6.45, 7) is 8.91. The summed E-state index contributed by atoms with van der Waals surface area (Å²) in [7, 11) is 0. The summed E-state index contributed by atoms with van der Waals surface area (Å²) in [6.07, 6.45) is 0.695. The van der Waals surface area contributed by atoms with Crippen molar-refractivity contribution in [3.8, 4) is 0 Å². The molecule has 0 radical (unpaired) electrons. The number of anilines is 1. The molecule has 172 valence electrons. The molecule has 3 atom stereocenters. The van der Waals surface area contributed by atoms with Gasteiger partial charge in [-0.1, -0.05) is 19.9 Å². The summed E-state index contributed by atoms with van der Waals surface area (Å²) < 4.78 is 43.9. The number of allylic oxidation sites excluding steroid dienone is 1. The van der Waals surface area contributed by atoms with Gasteiger partial charge >= 0.3 is 6.18 Å². The molecular formula is C23H32F3N3O2. The molecule has 1 saturated heterocycles. The first-order chi connectivity index (χ1) is 14.6. The van der Waals surface area contributed by atoms with Gasteiger partial charge in [0.15, 0.2) is 0 Å². The van der Waals surface area contributed by atoms with Crippen LogP contribution in [0.2, 0.25) is 0 Å². The maximum Gasteiger partial charge on any atom is 0.417 e. The van der Waals surface area contributed by atoms with Crippen LogP contribution in [0.3, 0.4) is 0 Å². The van der Waals surface area contributed by atoms with Gasteiger partial charge in [-0.15, -0.1) is 0 Å². The molecule has 5 rings (SSSR count). The van der Waals surface area contributed by atoms with Crippen molar-refractivity contribution in [3.05, 3.63) is 35.5 Å². The molecule has 2 fully saturated rings. The van der Waals surface area contributed by atoms with Gasteiger partial charge in [0.05, 0.1) is 24.9 Å². The van der Waals surface area contributed by atoms with Gasteiger partial charge in [-0.25, -0.2) is 4.98 Å². The molecule has 4 aliphatic rings. The SMILES string of the molecule is CC1(C)C2CC=C(COCC(O)CN3CCN(c4ccc(C(F)(F)F)cn4)CC3)C1C2. The predicted molar refractivity (Wildman–Crippen MR) is 113 cm³/mol. The van der Waals surface area contributed by atoms with Crippen LogP contribution in [-0.2, 0) is 10.9 Å². The van der Waals surface area contributed by atoms with Gasteiger partial charge in [0.2, 0.25) is 0 Å². The van der Waals surface area contributed by atoms with E-state index in [1.54, 1.807) is 0 Å². The van der Waals surface area contributed by atoms with Crippen LogP contribution >= 0.6 is 0 Å². The van der Waals surface area contributed by atoms with Crippen LogP contribution in [-0.4, -0.2) is 67.0 Å². The lowest BCUT2D eigenvalue weighted by Gasteiger charge is -2.56. The Kier molecular flexibility index (Phi) is 6.34. The number of hydrogen-bond acceptors (Lipinski definition) is 5. The normalized spacial score (nSPS) is 26.9. The van der Waals surface area contributed by atoms with Crippen LogP contribution in [0.4, 0.5) is 19.0 Å². The average molecular weight is 440 g/mol. The molecule has 5 nitrogen and oxygen atoms in total. The summed E-state index contributed by atoms with van der Waals surface area (Å²) in [6, 6.07) is 2.50. The molecule has 0 spiro atoms. The standard InChI is InChI=1S/C23H32F3N3O2/c1-22(2)17-4-3-16(20(22)11-17)14-31-15-19(30)13-28-7-9-29(10-8-28)21-6-5-18(12-27-21)23(24,25)26/h3,5-6,12,17,19-20,30H,4,7-11,13-15H2,1-2H3. The number of pyridine rings is 1. The highest BCUT2D eigenvalue weighted by atomic mass is 19.4. The number of fused-ring (bicyclic) bond motifs is 1. The molecule has 1 N–H and O–H groups in total. The van der Waals surface area contributed by atoms with E-state index in [-0.39, 0.29) is 0 Å². The number of β-amino-alcohol motifs (C(OH)–C–C–N with tert-alkyl or cyclic N) is 1. The number of aliphatic hydroxyl groups excluding tert-OH is 1. The van der Waals surface area contributed by atoms with E-state index >= 15 is 0 Å². The number of hydrogen-bond donors (Lipinski definition) is 1. The molecule has 2 bridgehead atoms. The molecule has 3 unspecified atom stereocenters. The van der Waals surface area contributed by atoms with Crippen molar-refractivity contribution in [2.75, 3.05) is 50.8 Å². The van der Waals surface area contributed by atoms with Gasteiger partial charge in [0, 0.05) is 38.9 Å². The van der Waals surface area contributed by atoms with E-state index in [1.807, 2.05) is 4.90 Å². The molecule has 8 heteroatoms. The van der Waals surface area contributed by atoms with E-state index in [1.165, 1.54) is 18.1 Å². The van der Waals surface area contributed by atoms with Crippen LogP contribution in [0.1, 0.15) is 32.3 Å². The fourth-order valence-electron chi connectivity index (χ4n) is 5.20. The minimum absolute atomic E-state index is 0.314. The van der Waals surface area contributed by atoms with E-state index in [2.05, 4.69) is 29.8 Å². The highest BCUT2D eigenvalue weighted by molar-refractivity contribution is 5.40. The zero-order chi connectivity index (χ0) is 22.2. The summed E-state index contributed by atoms with van der Waals surface area (Å²) in [5.41, 5.74) is 1.04.